The molecule has 1 aliphatic heterocycles. The van der Waals surface area contributed by atoms with Crippen molar-refractivity contribution in [1.29, 1.82) is 0 Å². The van der Waals surface area contributed by atoms with Crippen LogP contribution in [0.25, 0.3) is 0 Å². The topological polar surface area (TPSA) is 78.5 Å². The van der Waals surface area contributed by atoms with E-state index in [0.717, 1.165) is 4.90 Å². The predicted molar refractivity (Wildman–Crippen MR) is 106 cm³/mol. The molecule has 2 N–H and O–H groups in total. The number of carbonyl (C=O) groups excluding carboxylic acids is 3. The van der Waals surface area contributed by atoms with E-state index < -0.39 is 35.7 Å². The Balaban J connectivity index is 1.76. The summed E-state index contributed by atoms with van der Waals surface area (Å²) < 4.78 is 25.4. The van der Waals surface area contributed by atoms with E-state index in [2.05, 4.69) is 10.6 Å². The number of carbonyl (C=O) groups is 3. The molecule has 2 aromatic rings. The Morgan fingerprint density at radius 1 is 1.14 bits per heavy atom. The fourth-order valence-corrected chi connectivity index (χ4v) is 3.83. The molecule has 0 bridgehead atoms. The molecule has 1 unspecified atom stereocenters. The maximum absolute atomic E-state index is 13.0. The van der Waals surface area contributed by atoms with Gasteiger partial charge in [0.2, 0.25) is 5.91 Å². The van der Waals surface area contributed by atoms with Gasteiger partial charge in [-0.3, -0.25) is 14.5 Å². The van der Waals surface area contributed by atoms with Gasteiger partial charge < -0.3 is 10.6 Å². The molecule has 1 atom stereocenters. The predicted octanol–water partition coefficient (Wildman–Crippen LogP) is 3.80. The number of amides is 4. The van der Waals surface area contributed by atoms with Gasteiger partial charge in [-0.2, -0.15) is 8.78 Å². The zero-order valence-electron chi connectivity index (χ0n) is 15.5. The number of nitrogens with one attached hydrogen (secondary N) is 2. The minimum atomic E-state index is -2.64. The van der Waals surface area contributed by atoms with Crippen molar-refractivity contribution < 1.29 is 23.2 Å². The Labute approximate surface area is 170 Å². The van der Waals surface area contributed by atoms with Crippen LogP contribution >= 0.6 is 11.8 Å². The van der Waals surface area contributed by atoms with Crippen molar-refractivity contribution in [3.05, 3.63) is 60.2 Å². The Kier molecular flexibility index (Phi) is 6.17. The summed E-state index contributed by atoms with van der Waals surface area (Å²) in [5.74, 6) is -3.83. The van der Waals surface area contributed by atoms with Gasteiger partial charge in [0.05, 0.1) is 5.69 Å². The van der Waals surface area contributed by atoms with Crippen LogP contribution in [0.4, 0.5) is 19.3 Å². The average Bonchev–Trinajstić information content (AvgIpc) is 2.95. The van der Waals surface area contributed by atoms with Gasteiger partial charge in [-0.25, -0.2) is 4.79 Å². The number of hydrogen-bond donors (Lipinski definition) is 2. The molecule has 9 heteroatoms. The highest BCUT2D eigenvalue weighted by molar-refractivity contribution is 7.99. The van der Waals surface area contributed by atoms with Crippen LogP contribution in [0.2, 0.25) is 0 Å². The van der Waals surface area contributed by atoms with Gasteiger partial charge >= 0.3 is 6.03 Å². The highest BCUT2D eigenvalue weighted by Crippen LogP contribution is 2.33. The first-order valence-electron chi connectivity index (χ1n) is 8.90. The Hall–Kier alpha value is -2.94. The Morgan fingerprint density at radius 3 is 2.45 bits per heavy atom. The first-order valence-corrected chi connectivity index (χ1v) is 9.78. The standard InChI is InChI=1S/C20H19F2N3O3S/c1-2-20(13-8-4-3-5-9-13)17(27)25(19(28)24-20)12-16(26)23-14-10-6-7-11-15(14)29-18(21)22/h3-11,18H,2,12H2,1H3,(H,23,26)(H,24,28). The van der Waals surface area contributed by atoms with Crippen molar-refractivity contribution >= 4 is 35.3 Å². The zero-order chi connectivity index (χ0) is 21.0. The minimum Gasteiger partial charge on any atom is -0.324 e. The third kappa shape index (κ3) is 4.24. The van der Waals surface area contributed by atoms with E-state index in [1.54, 1.807) is 49.4 Å². The Morgan fingerprint density at radius 2 is 1.79 bits per heavy atom. The van der Waals surface area contributed by atoms with Crippen molar-refractivity contribution in [1.82, 2.24) is 10.2 Å². The quantitative estimate of drug-likeness (QED) is 0.529. The summed E-state index contributed by atoms with van der Waals surface area (Å²) in [6.45, 7) is 1.25. The molecule has 1 aliphatic rings. The van der Waals surface area contributed by atoms with E-state index in [1.807, 2.05) is 0 Å². The molecule has 0 radical (unpaired) electrons. The van der Waals surface area contributed by atoms with Crippen molar-refractivity contribution in [2.45, 2.75) is 29.5 Å². The summed E-state index contributed by atoms with van der Waals surface area (Å²) in [5.41, 5.74) is -0.413. The lowest BCUT2D eigenvalue weighted by molar-refractivity contribution is -0.134. The van der Waals surface area contributed by atoms with Crippen LogP contribution in [0, 0.1) is 0 Å². The normalized spacial score (nSPS) is 18.8. The lowest BCUT2D eigenvalue weighted by atomic mass is 9.87. The smallest absolute Gasteiger partial charge is 0.324 e. The van der Waals surface area contributed by atoms with E-state index in [0.29, 0.717) is 23.7 Å². The first-order chi connectivity index (χ1) is 13.9. The average molecular weight is 419 g/mol. The molecular weight excluding hydrogens is 400 g/mol. The van der Waals surface area contributed by atoms with Crippen molar-refractivity contribution in [3.63, 3.8) is 0 Å². The number of thioether (sulfide) groups is 1. The van der Waals surface area contributed by atoms with Crippen LogP contribution < -0.4 is 10.6 Å². The number of rotatable bonds is 7. The van der Waals surface area contributed by atoms with E-state index in [4.69, 9.17) is 0 Å². The molecule has 0 spiro atoms. The van der Waals surface area contributed by atoms with Crippen LogP contribution in [-0.4, -0.2) is 35.0 Å². The Bertz CT molecular complexity index is 926. The molecule has 0 aliphatic carbocycles. The molecule has 2 aromatic carbocycles. The number of halogens is 2. The largest absolute Gasteiger partial charge is 0.325 e. The number of anilines is 1. The van der Waals surface area contributed by atoms with Gasteiger partial charge in [0, 0.05) is 4.90 Å². The second kappa shape index (κ2) is 8.60. The van der Waals surface area contributed by atoms with Crippen molar-refractivity contribution in [2.24, 2.45) is 0 Å². The highest BCUT2D eigenvalue weighted by atomic mass is 32.2. The van der Waals surface area contributed by atoms with Gasteiger partial charge in [0.25, 0.3) is 11.7 Å². The van der Waals surface area contributed by atoms with Gasteiger partial charge in [0.1, 0.15) is 12.1 Å². The summed E-state index contributed by atoms with van der Waals surface area (Å²) in [6, 6.07) is 14.2. The molecule has 3 rings (SSSR count). The molecule has 0 saturated carbocycles. The van der Waals surface area contributed by atoms with E-state index in [1.165, 1.54) is 12.1 Å². The summed E-state index contributed by atoms with van der Waals surface area (Å²) in [6.07, 6.45) is 0.313. The fraction of sp³-hybridized carbons (Fsp3) is 0.250. The van der Waals surface area contributed by atoms with Crippen LogP contribution in [0.15, 0.2) is 59.5 Å². The number of benzene rings is 2. The number of hydrogen-bond acceptors (Lipinski definition) is 4. The monoisotopic (exact) mass is 419 g/mol. The van der Waals surface area contributed by atoms with Gasteiger partial charge in [0.15, 0.2) is 0 Å². The minimum absolute atomic E-state index is 0.194. The molecule has 0 aromatic heterocycles. The highest BCUT2D eigenvalue weighted by Gasteiger charge is 2.51. The number of nitrogens with zero attached hydrogens (tertiary/aromatic N) is 1. The molecule has 4 amide bonds. The van der Waals surface area contributed by atoms with Crippen LogP contribution in [0.3, 0.4) is 0 Å². The zero-order valence-corrected chi connectivity index (χ0v) is 16.3. The number of urea groups is 1. The van der Waals surface area contributed by atoms with Gasteiger partial charge in [-0.1, -0.05) is 61.2 Å². The van der Waals surface area contributed by atoms with Crippen LogP contribution in [0.1, 0.15) is 18.9 Å². The summed E-state index contributed by atoms with van der Waals surface area (Å²) in [5, 5.41) is 5.20. The summed E-state index contributed by atoms with van der Waals surface area (Å²) >= 11 is 0.304. The SMILES string of the molecule is CCC1(c2ccccc2)NC(=O)N(CC(=O)Nc2ccccc2SC(F)F)C1=O. The molecule has 1 saturated heterocycles. The van der Waals surface area contributed by atoms with E-state index in [-0.39, 0.29) is 10.6 Å². The lowest BCUT2D eigenvalue weighted by Crippen LogP contribution is -2.44. The van der Waals surface area contributed by atoms with Crippen LogP contribution in [0.5, 0.6) is 0 Å². The number of alkyl halides is 2. The van der Waals surface area contributed by atoms with Crippen molar-refractivity contribution in [3.8, 4) is 0 Å². The van der Waals surface area contributed by atoms with Gasteiger partial charge in [-0.05, 0) is 24.1 Å². The number of para-hydroxylation sites is 1. The molecule has 29 heavy (non-hydrogen) atoms. The van der Waals surface area contributed by atoms with Crippen molar-refractivity contribution in [2.75, 3.05) is 11.9 Å². The first kappa shape index (κ1) is 20.8. The third-order valence-electron chi connectivity index (χ3n) is 4.65. The number of imide groups is 1. The van der Waals surface area contributed by atoms with E-state index in [9.17, 15) is 23.2 Å². The lowest BCUT2D eigenvalue weighted by Gasteiger charge is -2.25. The fourth-order valence-electron chi connectivity index (χ4n) is 3.23. The third-order valence-corrected chi connectivity index (χ3v) is 5.44. The summed E-state index contributed by atoms with van der Waals surface area (Å²) in [7, 11) is 0. The molecule has 1 heterocycles. The maximum atomic E-state index is 13.0. The van der Waals surface area contributed by atoms with Crippen LogP contribution in [-0.2, 0) is 15.1 Å². The second-order valence-corrected chi connectivity index (χ2v) is 7.40. The maximum Gasteiger partial charge on any atom is 0.325 e. The summed E-state index contributed by atoms with van der Waals surface area (Å²) in [4.78, 5) is 39.0. The molecular formula is C20H19F2N3O3S. The molecule has 6 nitrogen and oxygen atoms in total. The van der Waals surface area contributed by atoms with Gasteiger partial charge in [-0.15, -0.1) is 0 Å². The van der Waals surface area contributed by atoms with E-state index >= 15 is 0 Å². The molecule has 152 valence electrons. The molecule has 1 fully saturated rings. The second-order valence-electron chi connectivity index (χ2n) is 6.37.